The van der Waals surface area contributed by atoms with Gasteiger partial charge in [0.25, 0.3) is 0 Å². The lowest BCUT2D eigenvalue weighted by Gasteiger charge is -2.36. The minimum atomic E-state index is -0.0827. The van der Waals surface area contributed by atoms with Crippen LogP contribution in [0.5, 0.6) is 0 Å². The van der Waals surface area contributed by atoms with E-state index >= 15 is 0 Å². The molecule has 1 aliphatic heterocycles. The normalized spacial score (nSPS) is 20.2. The van der Waals surface area contributed by atoms with Gasteiger partial charge in [0.15, 0.2) is 0 Å². The van der Waals surface area contributed by atoms with Gasteiger partial charge in [-0.2, -0.15) is 5.26 Å². The van der Waals surface area contributed by atoms with E-state index in [1.54, 1.807) is 11.1 Å². The van der Waals surface area contributed by atoms with Gasteiger partial charge in [-0.25, -0.2) is 9.97 Å². The maximum Gasteiger partial charge on any atom is 0.236 e. The summed E-state index contributed by atoms with van der Waals surface area (Å²) in [4.78, 5) is 24.7. The number of amides is 1. The highest BCUT2D eigenvalue weighted by Crippen LogP contribution is 2.30. The molecule has 1 aromatic carbocycles. The van der Waals surface area contributed by atoms with Crippen LogP contribution in [0.4, 0.5) is 5.69 Å². The van der Waals surface area contributed by atoms with E-state index in [4.69, 9.17) is 10.4 Å². The number of anilines is 1. The molecular weight excluding hydrogens is 440 g/mol. The number of carbonyl (C=O) groups excluding carboxylic acids is 1. The van der Waals surface area contributed by atoms with Crippen LogP contribution in [0.3, 0.4) is 0 Å². The van der Waals surface area contributed by atoms with Gasteiger partial charge in [-0.3, -0.25) is 4.79 Å². The third-order valence-electron chi connectivity index (χ3n) is 6.83. The first-order valence-corrected chi connectivity index (χ1v) is 12.4. The molecule has 2 aromatic heterocycles. The second-order valence-corrected chi connectivity index (χ2v) is 9.49. The molecule has 1 unspecified atom stereocenters. The number of fused-ring (bicyclic) bond motifs is 1. The monoisotopic (exact) mass is 474 g/mol. The third-order valence-corrected chi connectivity index (χ3v) is 6.83. The van der Waals surface area contributed by atoms with Gasteiger partial charge >= 0.3 is 0 Å². The van der Waals surface area contributed by atoms with Crippen molar-refractivity contribution in [1.82, 2.24) is 19.4 Å². The zero-order valence-corrected chi connectivity index (χ0v) is 20.6. The Morgan fingerprint density at radius 3 is 2.63 bits per heavy atom. The number of benzene rings is 1. The second-order valence-electron chi connectivity index (χ2n) is 9.49. The van der Waals surface area contributed by atoms with Gasteiger partial charge in [0.2, 0.25) is 5.91 Å². The molecule has 2 aliphatic rings. The number of aliphatic hydroxyl groups is 1. The Bertz CT molecular complexity index is 1180. The highest BCUT2D eigenvalue weighted by atomic mass is 16.3. The summed E-state index contributed by atoms with van der Waals surface area (Å²) in [5.74, 6) is 2.27. The molecule has 3 aromatic rings. The number of aromatic nitrogens is 3. The Morgan fingerprint density at radius 1 is 1.17 bits per heavy atom. The maximum atomic E-state index is 11.9. The van der Waals surface area contributed by atoms with E-state index in [1.165, 1.54) is 12.8 Å². The summed E-state index contributed by atoms with van der Waals surface area (Å²) < 4.78 is 2.07. The Hall–Kier alpha value is -3.44. The SMILES string of the molecule is C[C@H]1CCCC(O)C1.Cc1nccc(-n2ccc3c(N4CCN(C(=O)CC#N)CC4)cccc32)n1. The maximum absolute atomic E-state index is 11.9. The van der Waals surface area contributed by atoms with Crippen LogP contribution in [0.2, 0.25) is 0 Å². The molecular formula is C27H34N6O2. The molecule has 8 heteroatoms. The summed E-state index contributed by atoms with van der Waals surface area (Å²) in [6.07, 6.45) is 8.37. The van der Waals surface area contributed by atoms with E-state index in [0.717, 1.165) is 60.1 Å². The minimum Gasteiger partial charge on any atom is -0.393 e. The van der Waals surface area contributed by atoms with Gasteiger partial charge in [0.05, 0.1) is 17.7 Å². The highest BCUT2D eigenvalue weighted by molar-refractivity contribution is 5.94. The fourth-order valence-electron chi connectivity index (χ4n) is 4.98. The molecule has 1 saturated carbocycles. The first-order chi connectivity index (χ1) is 17.0. The Morgan fingerprint density at radius 2 is 1.97 bits per heavy atom. The molecule has 1 saturated heterocycles. The molecule has 1 N–H and O–H groups in total. The van der Waals surface area contributed by atoms with E-state index in [-0.39, 0.29) is 18.4 Å². The average Bonchev–Trinajstić information content (AvgIpc) is 3.29. The van der Waals surface area contributed by atoms with Gasteiger partial charge in [-0.15, -0.1) is 0 Å². The number of carbonyl (C=O) groups is 1. The Kier molecular flexibility index (Phi) is 7.98. The van der Waals surface area contributed by atoms with E-state index < -0.39 is 0 Å². The number of hydrogen-bond acceptors (Lipinski definition) is 6. The molecule has 2 atom stereocenters. The molecule has 35 heavy (non-hydrogen) atoms. The Labute approximate surface area is 206 Å². The molecule has 5 rings (SSSR count). The number of hydrogen-bond donors (Lipinski definition) is 1. The van der Waals surface area contributed by atoms with Gasteiger partial charge < -0.3 is 19.5 Å². The summed E-state index contributed by atoms with van der Waals surface area (Å²) in [5.41, 5.74) is 2.25. The minimum absolute atomic E-state index is 0.0127. The Balaban J connectivity index is 0.000000308. The fraction of sp³-hybridized carbons (Fsp3) is 0.481. The summed E-state index contributed by atoms with van der Waals surface area (Å²) in [7, 11) is 0. The van der Waals surface area contributed by atoms with Gasteiger partial charge in [0.1, 0.15) is 18.1 Å². The quantitative estimate of drug-likeness (QED) is 0.619. The van der Waals surface area contributed by atoms with Crippen LogP contribution in [0.1, 0.15) is 44.9 Å². The molecule has 1 amide bonds. The smallest absolute Gasteiger partial charge is 0.236 e. The van der Waals surface area contributed by atoms with E-state index in [2.05, 4.69) is 50.6 Å². The number of aliphatic hydroxyl groups excluding tert-OH is 1. The van der Waals surface area contributed by atoms with E-state index in [1.807, 2.05) is 25.3 Å². The average molecular weight is 475 g/mol. The number of nitrogens with zero attached hydrogens (tertiary/aromatic N) is 6. The first-order valence-electron chi connectivity index (χ1n) is 12.4. The largest absolute Gasteiger partial charge is 0.393 e. The van der Waals surface area contributed by atoms with Gasteiger partial charge in [-0.1, -0.05) is 25.8 Å². The topological polar surface area (TPSA) is 98.3 Å². The molecule has 8 nitrogen and oxygen atoms in total. The van der Waals surface area contributed by atoms with Crippen LogP contribution >= 0.6 is 0 Å². The van der Waals surface area contributed by atoms with Gasteiger partial charge in [-0.05, 0) is 49.9 Å². The number of aryl methyl sites for hydroxylation is 1. The molecule has 0 bridgehead atoms. The molecule has 184 valence electrons. The molecule has 1 aliphatic carbocycles. The summed E-state index contributed by atoms with van der Waals surface area (Å²) in [6, 6.07) is 12.2. The van der Waals surface area contributed by atoms with Crippen molar-refractivity contribution < 1.29 is 9.90 Å². The van der Waals surface area contributed by atoms with Crippen LogP contribution in [0.15, 0.2) is 42.7 Å². The second kappa shape index (κ2) is 11.3. The lowest BCUT2D eigenvalue weighted by Crippen LogP contribution is -2.48. The van der Waals surface area contributed by atoms with Crippen LogP contribution in [-0.4, -0.2) is 62.7 Å². The van der Waals surface area contributed by atoms with Gasteiger partial charge in [0, 0.05) is 49.6 Å². The third kappa shape index (κ3) is 5.98. The fourth-order valence-corrected chi connectivity index (χ4v) is 4.98. The zero-order chi connectivity index (χ0) is 24.8. The number of rotatable bonds is 3. The highest BCUT2D eigenvalue weighted by Gasteiger charge is 2.22. The van der Waals surface area contributed by atoms with Crippen molar-refractivity contribution in [3.8, 4) is 11.9 Å². The van der Waals surface area contributed by atoms with Crippen molar-refractivity contribution in [1.29, 1.82) is 5.26 Å². The molecule has 0 spiro atoms. The number of nitriles is 1. The summed E-state index contributed by atoms with van der Waals surface area (Å²) in [5, 5.41) is 18.9. The van der Waals surface area contributed by atoms with E-state index in [9.17, 15) is 4.79 Å². The first kappa shape index (κ1) is 24.7. The standard InChI is InChI=1S/C20H20N6O.C7H14O/c1-15-22-9-6-19(23-15)26-10-7-16-17(3-2-4-18(16)26)24-11-13-25(14-12-24)20(27)5-8-21;1-6-3-2-4-7(8)5-6/h2-4,6-7,9-10H,5,11-14H2,1H3;6-8H,2-5H2,1H3/t;6-,7?/m.0/s1. The predicted molar refractivity (Wildman–Crippen MR) is 136 cm³/mol. The van der Waals surface area contributed by atoms with Crippen LogP contribution in [0.25, 0.3) is 16.7 Å². The van der Waals surface area contributed by atoms with Crippen molar-refractivity contribution in [2.45, 2.75) is 52.1 Å². The van der Waals surface area contributed by atoms with Crippen LogP contribution < -0.4 is 4.90 Å². The molecule has 3 heterocycles. The van der Waals surface area contributed by atoms with Crippen molar-refractivity contribution in [2.24, 2.45) is 5.92 Å². The lowest BCUT2D eigenvalue weighted by atomic mass is 9.89. The van der Waals surface area contributed by atoms with Crippen molar-refractivity contribution in [3.63, 3.8) is 0 Å². The zero-order valence-electron chi connectivity index (χ0n) is 20.6. The summed E-state index contributed by atoms with van der Waals surface area (Å²) >= 11 is 0. The predicted octanol–water partition coefficient (Wildman–Crippen LogP) is 3.85. The van der Waals surface area contributed by atoms with Crippen LogP contribution in [-0.2, 0) is 4.79 Å². The lowest BCUT2D eigenvalue weighted by molar-refractivity contribution is -0.130. The van der Waals surface area contributed by atoms with Crippen molar-refractivity contribution in [2.75, 3.05) is 31.1 Å². The number of piperazine rings is 1. The van der Waals surface area contributed by atoms with Crippen molar-refractivity contribution in [3.05, 3.63) is 48.5 Å². The molecule has 0 radical (unpaired) electrons. The van der Waals surface area contributed by atoms with E-state index in [0.29, 0.717) is 13.1 Å². The van der Waals surface area contributed by atoms with Crippen LogP contribution in [0, 0.1) is 24.2 Å². The van der Waals surface area contributed by atoms with Crippen molar-refractivity contribution >= 4 is 22.5 Å². The molecule has 2 fully saturated rings. The summed E-state index contributed by atoms with van der Waals surface area (Å²) in [6.45, 7) is 6.89.